The van der Waals surface area contributed by atoms with E-state index in [-0.39, 0.29) is 19.1 Å². The van der Waals surface area contributed by atoms with Crippen molar-refractivity contribution in [3.05, 3.63) is 53.6 Å². The SMILES string of the molecule is COc1ccccc1COC(=O)c1ccc(OCC(=O)N2CCOCC2)c(OC)c1. The standard InChI is InChI=1S/C22H25NO7/c1-26-18-6-4-3-5-17(18)14-30-22(25)16-7-8-19(20(13-16)27-2)29-15-21(24)23-9-11-28-12-10-23/h3-8,13H,9-12,14-15H2,1-2H3. The summed E-state index contributed by atoms with van der Waals surface area (Å²) >= 11 is 0. The van der Waals surface area contributed by atoms with E-state index in [0.717, 1.165) is 5.56 Å². The number of carbonyl (C=O) groups is 2. The lowest BCUT2D eigenvalue weighted by Crippen LogP contribution is -2.43. The molecule has 2 aromatic rings. The third kappa shape index (κ3) is 5.42. The number of hydrogen-bond acceptors (Lipinski definition) is 7. The Kier molecular flexibility index (Phi) is 7.51. The molecule has 8 nitrogen and oxygen atoms in total. The van der Waals surface area contributed by atoms with Gasteiger partial charge in [0, 0.05) is 18.7 Å². The minimum absolute atomic E-state index is 0.0808. The molecule has 1 amide bonds. The van der Waals surface area contributed by atoms with Gasteiger partial charge in [-0.2, -0.15) is 0 Å². The van der Waals surface area contributed by atoms with Crippen LogP contribution in [-0.4, -0.2) is 63.9 Å². The molecule has 0 aliphatic carbocycles. The first-order valence-corrected chi connectivity index (χ1v) is 9.57. The highest BCUT2D eigenvalue weighted by Crippen LogP contribution is 2.29. The number of rotatable bonds is 8. The van der Waals surface area contributed by atoms with Crippen LogP contribution in [0.25, 0.3) is 0 Å². The highest BCUT2D eigenvalue weighted by molar-refractivity contribution is 5.90. The Hall–Kier alpha value is -3.26. The van der Waals surface area contributed by atoms with Crippen LogP contribution in [0, 0.1) is 0 Å². The summed E-state index contributed by atoms with van der Waals surface area (Å²) in [6.45, 7) is 2.12. The molecular formula is C22H25NO7. The van der Waals surface area contributed by atoms with Gasteiger partial charge >= 0.3 is 5.97 Å². The zero-order chi connectivity index (χ0) is 21.3. The Morgan fingerprint density at radius 1 is 0.967 bits per heavy atom. The number of para-hydroxylation sites is 1. The van der Waals surface area contributed by atoms with Gasteiger partial charge in [-0.25, -0.2) is 4.79 Å². The fourth-order valence-electron chi connectivity index (χ4n) is 3.01. The Bertz CT molecular complexity index is 878. The van der Waals surface area contributed by atoms with Crippen molar-refractivity contribution < 1.29 is 33.3 Å². The molecule has 0 spiro atoms. The van der Waals surface area contributed by atoms with Crippen LogP contribution in [0.1, 0.15) is 15.9 Å². The van der Waals surface area contributed by atoms with E-state index < -0.39 is 5.97 Å². The van der Waals surface area contributed by atoms with Crippen molar-refractivity contribution >= 4 is 11.9 Å². The Balaban J connectivity index is 1.60. The molecular weight excluding hydrogens is 390 g/mol. The van der Waals surface area contributed by atoms with Gasteiger partial charge in [-0.3, -0.25) is 4.79 Å². The molecule has 1 aliphatic heterocycles. The molecule has 0 radical (unpaired) electrons. The van der Waals surface area contributed by atoms with Gasteiger partial charge < -0.3 is 28.6 Å². The molecule has 0 bridgehead atoms. The second-order valence-corrected chi connectivity index (χ2v) is 6.54. The van der Waals surface area contributed by atoms with Crippen molar-refractivity contribution in [2.75, 3.05) is 47.1 Å². The number of esters is 1. The van der Waals surface area contributed by atoms with Crippen LogP contribution < -0.4 is 14.2 Å². The molecule has 1 saturated heterocycles. The molecule has 1 aliphatic rings. The zero-order valence-electron chi connectivity index (χ0n) is 17.1. The fraction of sp³-hybridized carbons (Fsp3) is 0.364. The van der Waals surface area contributed by atoms with Gasteiger partial charge in [0.25, 0.3) is 5.91 Å². The number of benzene rings is 2. The molecule has 0 saturated carbocycles. The molecule has 30 heavy (non-hydrogen) atoms. The highest BCUT2D eigenvalue weighted by Gasteiger charge is 2.19. The maximum atomic E-state index is 12.4. The normalized spacial score (nSPS) is 13.5. The maximum absolute atomic E-state index is 12.4. The van der Waals surface area contributed by atoms with Crippen LogP contribution in [0.4, 0.5) is 0 Å². The van der Waals surface area contributed by atoms with E-state index in [2.05, 4.69) is 0 Å². The number of amides is 1. The molecule has 8 heteroatoms. The van der Waals surface area contributed by atoms with Crippen molar-refractivity contribution in [2.24, 2.45) is 0 Å². The summed E-state index contributed by atoms with van der Waals surface area (Å²) in [7, 11) is 3.03. The molecule has 3 rings (SSSR count). The van der Waals surface area contributed by atoms with Crippen LogP contribution in [0.15, 0.2) is 42.5 Å². The Morgan fingerprint density at radius 3 is 2.43 bits per heavy atom. The minimum Gasteiger partial charge on any atom is -0.496 e. The van der Waals surface area contributed by atoms with Crippen LogP contribution in [0.5, 0.6) is 17.2 Å². The molecule has 1 heterocycles. The third-order valence-corrected chi connectivity index (χ3v) is 4.67. The summed E-state index contributed by atoms with van der Waals surface area (Å²) in [5.41, 5.74) is 1.08. The molecule has 0 aromatic heterocycles. The molecule has 0 unspecified atom stereocenters. The third-order valence-electron chi connectivity index (χ3n) is 4.67. The van der Waals surface area contributed by atoms with Gasteiger partial charge in [0.15, 0.2) is 18.1 Å². The van der Waals surface area contributed by atoms with Crippen molar-refractivity contribution in [2.45, 2.75) is 6.61 Å². The number of ether oxygens (including phenoxy) is 5. The summed E-state index contributed by atoms with van der Waals surface area (Å²) in [5.74, 6) is 0.740. The van der Waals surface area contributed by atoms with Crippen LogP contribution in [-0.2, 0) is 20.9 Å². The van der Waals surface area contributed by atoms with Crippen molar-refractivity contribution in [3.8, 4) is 17.2 Å². The first-order chi connectivity index (χ1) is 14.6. The fourth-order valence-corrected chi connectivity index (χ4v) is 3.01. The Morgan fingerprint density at radius 2 is 1.70 bits per heavy atom. The van der Waals surface area contributed by atoms with E-state index in [4.69, 9.17) is 23.7 Å². The van der Waals surface area contributed by atoms with E-state index in [1.54, 1.807) is 30.2 Å². The average Bonchev–Trinajstić information content (AvgIpc) is 2.81. The average molecular weight is 415 g/mol. The predicted molar refractivity (Wildman–Crippen MR) is 108 cm³/mol. The van der Waals surface area contributed by atoms with Crippen molar-refractivity contribution in [1.29, 1.82) is 0 Å². The first-order valence-electron chi connectivity index (χ1n) is 9.57. The second kappa shape index (κ2) is 10.5. The van der Waals surface area contributed by atoms with Gasteiger partial charge in [0.05, 0.1) is 33.0 Å². The summed E-state index contributed by atoms with van der Waals surface area (Å²) in [6.07, 6.45) is 0. The lowest BCUT2D eigenvalue weighted by molar-refractivity contribution is -0.137. The minimum atomic E-state index is -0.504. The summed E-state index contributed by atoms with van der Waals surface area (Å²) in [6, 6.07) is 12.0. The first kappa shape index (κ1) is 21.4. The van der Waals surface area contributed by atoms with Gasteiger partial charge in [-0.1, -0.05) is 18.2 Å². The molecule has 0 atom stereocenters. The quantitative estimate of drug-likeness (QED) is 0.612. The number of morpholine rings is 1. The van der Waals surface area contributed by atoms with Gasteiger partial charge in [-0.05, 0) is 24.3 Å². The van der Waals surface area contributed by atoms with Crippen LogP contribution in [0.3, 0.4) is 0 Å². The number of methoxy groups -OCH3 is 2. The highest BCUT2D eigenvalue weighted by atomic mass is 16.5. The van der Waals surface area contributed by atoms with E-state index in [0.29, 0.717) is 49.1 Å². The number of carbonyl (C=O) groups excluding carboxylic acids is 2. The van der Waals surface area contributed by atoms with Gasteiger partial charge in [-0.15, -0.1) is 0 Å². The van der Waals surface area contributed by atoms with Crippen LogP contribution >= 0.6 is 0 Å². The molecule has 0 N–H and O–H groups in total. The van der Waals surface area contributed by atoms with E-state index in [1.807, 2.05) is 18.2 Å². The van der Waals surface area contributed by atoms with E-state index >= 15 is 0 Å². The lowest BCUT2D eigenvalue weighted by atomic mass is 10.2. The number of nitrogens with zero attached hydrogens (tertiary/aromatic N) is 1. The largest absolute Gasteiger partial charge is 0.496 e. The van der Waals surface area contributed by atoms with Crippen molar-refractivity contribution in [3.63, 3.8) is 0 Å². The van der Waals surface area contributed by atoms with Gasteiger partial charge in [0.1, 0.15) is 12.4 Å². The molecule has 2 aromatic carbocycles. The van der Waals surface area contributed by atoms with Gasteiger partial charge in [0.2, 0.25) is 0 Å². The lowest BCUT2D eigenvalue weighted by Gasteiger charge is -2.26. The van der Waals surface area contributed by atoms with Crippen molar-refractivity contribution in [1.82, 2.24) is 4.90 Å². The molecule has 160 valence electrons. The summed E-state index contributed by atoms with van der Waals surface area (Å²) in [4.78, 5) is 26.4. The smallest absolute Gasteiger partial charge is 0.338 e. The number of hydrogen-bond donors (Lipinski definition) is 0. The van der Waals surface area contributed by atoms with Crippen LogP contribution in [0.2, 0.25) is 0 Å². The molecule has 1 fully saturated rings. The zero-order valence-corrected chi connectivity index (χ0v) is 17.1. The monoisotopic (exact) mass is 415 g/mol. The summed E-state index contributed by atoms with van der Waals surface area (Å²) < 4.78 is 26.8. The van der Waals surface area contributed by atoms with E-state index in [9.17, 15) is 9.59 Å². The van der Waals surface area contributed by atoms with E-state index in [1.165, 1.54) is 13.2 Å². The maximum Gasteiger partial charge on any atom is 0.338 e. The second-order valence-electron chi connectivity index (χ2n) is 6.54. The summed E-state index contributed by atoms with van der Waals surface area (Å²) in [5, 5.41) is 0. The topological polar surface area (TPSA) is 83.5 Å². The predicted octanol–water partition coefficient (Wildman–Crippen LogP) is 2.30. The Labute approximate surface area is 175 Å².